The molecule has 5 heteroatoms. The molecule has 0 nitrogen and oxygen atoms in total. The summed E-state index contributed by atoms with van der Waals surface area (Å²) in [4.78, 5) is 0. The summed E-state index contributed by atoms with van der Waals surface area (Å²) >= 11 is 0. The summed E-state index contributed by atoms with van der Waals surface area (Å²) < 4.78 is 0. The third-order valence-electron chi connectivity index (χ3n) is 0. The zero-order valence-electron chi connectivity index (χ0n) is 6.47. The van der Waals surface area contributed by atoms with Gasteiger partial charge in [0.15, 0.2) is 17.4 Å². The molecule has 0 aromatic rings. The molecule has 0 aromatic carbocycles. The average Bonchev–Trinajstić information content (AvgIpc) is 0. The second-order valence-corrected chi connectivity index (χ2v) is 0. The van der Waals surface area contributed by atoms with Crippen LogP contribution in [0.25, 0.3) is 0 Å². The average molecular weight is 477 g/mol. The first kappa shape index (κ1) is 32.9. The van der Waals surface area contributed by atoms with Gasteiger partial charge in [0.05, 0.1) is 0 Å². The molecular weight excluding hydrogens is 467 g/mol. The molecule has 0 aliphatic heterocycles. The van der Waals surface area contributed by atoms with Crippen molar-refractivity contribution in [2.24, 2.45) is 0 Å². The van der Waals surface area contributed by atoms with Crippen molar-refractivity contribution in [3.63, 3.8) is 0 Å². The topological polar surface area (TPSA) is 0 Å². The number of hydrogen-bond donors (Lipinski definition) is 0. The van der Waals surface area contributed by atoms with Crippen LogP contribution in [0.4, 0.5) is 0 Å². The van der Waals surface area contributed by atoms with E-state index in [2.05, 4.69) is 0 Å². The van der Waals surface area contributed by atoms with E-state index >= 15 is 0 Å². The normalized spacial score (nSPS) is 0. The van der Waals surface area contributed by atoms with Gasteiger partial charge in [-0.15, -0.1) is 0 Å². The van der Waals surface area contributed by atoms with E-state index in [1.807, 2.05) is 0 Å². The van der Waals surface area contributed by atoms with Crippen molar-refractivity contribution in [1.82, 2.24) is 0 Å². The zero-order valence-corrected chi connectivity index (χ0v) is 15.7. The van der Waals surface area contributed by atoms with Gasteiger partial charge in [-0.2, -0.15) is 0 Å². The minimum absolute atomic E-state index is 0. The van der Waals surface area contributed by atoms with Crippen LogP contribution in [0.2, 0.25) is 0 Å². The summed E-state index contributed by atoms with van der Waals surface area (Å²) in [5, 5.41) is 0. The Bertz CT molecular complexity index is 20.5. The molecule has 2 radical (unpaired) electrons. The maximum atomic E-state index is 0. The number of hydrogen-bond acceptors (Lipinski definition) is 0. The molecule has 0 aliphatic carbocycles. The van der Waals surface area contributed by atoms with Crippen LogP contribution >= 0.6 is 0 Å². The predicted molar refractivity (Wildman–Crippen MR) is 34.4 cm³/mol. The van der Waals surface area contributed by atoms with Crippen molar-refractivity contribution in [3.05, 3.63) is 0 Å². The first-order valence-corrected chi connectivity index (χ1v) is 0. The SMILES string of the molecule is [AlH3].[Ba+2].[Ca+2].[Fe].[H-].[H-].[H-].[H-].[PbH2]. The molecule has 0 rings (SSSR count). The van der Waals surface area contributed by atoms with Gasteiger partial charge < -0.3 is 5.71 Å². The van der Waals surface area contributed by atoms with Gasteiger partial charge in [0.1, 0.15) is 0 Å². The maximum absolute atomic E-state index is 0. The van der Waals surface area contributed by atoms with Crippen molar-refractivity contribution in [2.45, 2.75) is 0 Å². The zero-order chi connectivity index (χ0) is 0. The van der Waals surface area contributed by atoms with E-state index < -0.39 is 0 Å². The van der Waals surface area contributed by atoms with E-state index in [0.717, 1.165) is 0 Å². The molecule has 0 amide bonds. The molecule has 0 atom stereocenters. The van der Waals surface area contributed by atoms with Crippen LogP contribution < -0.4 is 0 Å². The fourth-order valence-corrected chi connectivity index (χ4v) is 0. The minimum atomic E-state index is 0. The van der Waals surface area contributed by atoms with Crippen LogP contribution in [0.1, 0.15) is 5.71 Å². The van der Waals surface area contributed by atoms with Gasteiger partial charge >= 0.3 is 114 Å². The van der Waals surface area contributed by atoms with E-state index in [-0.39, 0.29) is 154 Å². The standard InChI is InChI=1S/Al.Ba.Ca.Fe.Pb.9H/q;2*+2;;;;;;;;4*-1. The Morgan fingerprint density at radius 2 is 1.20 bits per heavy atom. The van der Waals surface area contributed by atoms with Gasteiger partial charge in [0.2, 0.25) is 0 Å². The van der Waals surface area contributed by atoms with Gasteiger partial charge in [0.25, 0.3) is 0 Å². The van der Waals surface area contributed by atoms with Gasteiger partial charge in [-0.25, -0.2) is 0 Å². The van der Waals surface area contributed by atoms with Gasteiger partial charge in [-0.05, 0) is 0 Å². The van der Waals surface area contributed by atoms with E-state index in [0.29, 0.717) is 0 Å². The molecular formula is H9AlBaCaFePb. The molecule has 0 saturated carbocycles. The summed E-state index contributed by atoms with van der Waals surface area (Å²) in [6.07, 6.45) is 0. The molecule has 0 fully saturated rings. The fourth-order valence-electron chi connectivity index (χ4n) is 0. The summed E-state index contributed by atoms with van der Waals surface area (Å²) in [5.74, 6) is 0. The Balaban J connectivity index is 0. The Kier molecular flexibility index (Phi) is 153. The number of rotatable bonds is 0. The molecule has 0 N–H and O–H groups in total. The van der Waals surface area contributed by atoms with E-state index in [9.17, 15) is 0 Å². The molecule has 0 saturated heterocycles. The Morgan fingerprint density at radius 1 is 1.20 bits per heavy atom. The van der Waals surface area contributed by atoms with Gasteiger partial charge in [0, 0.05) is 17.1 Å². The molecule has 0 bridgehead atoms. The van der Waals surface area contributed by atoms with Crippen LogP contribution in [0.5, 0.6) is 0 Å². The molecule has 0 heterocycles. The van der Waals surface area contributed by atoms with E-state index in [4.69, 9.17) is 0 Å². The summed E-state index contributed by atoms with van der Waals surface area (Å²) in [6.45, 7) is 0. The predicted octanol–water partition coefficient (Wildman–Crippen LogP) is -2.41. The van der Waals surface area contributed by atoms with Crippen molar-refractivity contribution < 1.29 is 22.8 Å². The Morgan fingerprint density at radius 3 is 1.20 bits per heavy atom. The monoisotopic (exact) mass is 478 g/mol. The fraction of sp³-hybridized carbons (Fsp3) is 0. The molecule has 0 aliphatic rings. The third-order valence-corrected chi connectivity index (χ3v) is 0. The van der Waals surface area contributed by atoms with Crippen LogP contribution in [0.3, 0.4) is 0 Å². The second-order valence-electron chi connectivity index (χ2n) is 0. The van der Waals surface area contributed by atoms with Crippen LogP contribution in [0, 0.1) is 0 Å². The van der Waals surface area contributed by atoms with Crippen molar-refractivity contribution in [3.8, 4) is 0 Å². The van der Waals surface area contributed by atoms with E-state index in [1.165, 1.54) is 0 Å². The summed E-state index contributed by atoms with van der Waals surface area (Å²) in [5.41, 5.74) is 0. The summed E-state index contributed by atoms with van der Waals surface area (Å²) in [6, 6.07) is 0. The summed E-state index contributed by atoms with van der Waals surface area (Å²) in [7, 11) is 0. The van der Waals surface area contributed by atoms with Crippen molar-refractivity contribution >= 4 is 131 Å². The third kappa shape index (κ3) is 17.7. The van der Waals surface area contributed by atoms with Gasteiger partial charge in [-0.1, -0.05) is 0 Å². The van der Waals surface area contributed by atoms with E-state index in [1.54, 1.807) is 0 Å². The first-order chi connectivity index (χ1) is 0. The Labute approximate surface area is 150 Å². The molecule has 28 valence electrons. The van der Waals surface area contributed by atoms with Crippen molar-refractivity contribution in [1.29, 1.82) is 0 Å². The van der Waals surface area contributed by atoms with Gasteiger partial charge in [-0.3, -0.25) is 0 Å². The van der Waals surface area contributed by atoms with Crippen LogP contribution in [-0.2, 0) is 17.1 Å². The Hall–Kier alpha value is 4.81. The van der Waals surface area contributed by atoms with Crippen molar-refractivity contribution in [2.75, 3.05) is 0 Å². The molecule has 5 heavy (non-hydrogen) atoms. The van der Waals surface area contributed by atoms with Crippen LogP contribution in [-0.4, -0.2) is 131 Å². The molecule has 0 unspecified atom stereocenters. The quantitative estimate of drug-likeness (QED) is 0.342. The second kappa shape index (κ2) is 23.2. The first-order valence-electron chi connectivity index (χ1n) is 0. The molecule has 0 aromatic heterocycles. The van der Waals surface area contributed by atoms with Crippen LogP contribution in [0.15, 0.2) is 0 Å². The molecule has 0 spiro atoms.